The summed E-state index contributed by atoms with van der Waals surface area (Å²) in [7, 11) is 3.27. The topological polar surface area (TPSA) is 54.0 Å². The number of rotatable bonds is 6. The van der Waals surface area contributed by atoms with Gasteiger partial charge in [0.1, 0.15) is 11.5 Å². The third-order valence-electron chi connectivity index (χ3n) is 4.65. The van der Waals surface area contributed by atoms with Gasteiger partial charge in [0, 0.05) is 31.2 Å². The van der Waals surface area contributed by atoms with Crippen LogP contribution in [0.1, 0.15) is 0 Å². The molecule has 1 fully saturated rings. The van der Waals surface area contributed by atoms with Gasteiger partial charge in [-0.05, 0) is 30.3 Å². The molecule has 3 rings (SSSR count). The summed E-state index contributed by atoms with van der Waals surface area (Å²) < 4.78 is 10.7. The molecule has 0 saturated carbocycles. The number of hydrogen-bond acceptors (Lipinski definition) is 5. The number of nitrogens with zero attached hydrogens (tertiary/aromatic N) is 2. The molecule has 0 aromatic heterocycles. The number of carbonyl (C=O) groups is 1. The van der Waals surface area contributed by atoms with Crippen molar-refractivity contribution in [2.45, 2.75) is 0 Å². The van der Waals surface area contributed by atoms with Crippen molar-refractivity contribution in [1.29, 1.82) is 0 Å². The number of amides is 1. The predicted molar refractivity (Wildman–Crippen MR) is 108 cm³/mol. The van der Waals surface area contributed by atoms with Gasteiger partial charge in [0.2, 0.25) is 5.91 Å². The first-order chi connectivity index (χ1) is 13.1. The first-order valence-electron chi connectivity index (χ1n) is 8.85. The molecule has 7 heteroatoms. The number of benzene rings is 2. The van der Waals surface area contributed by atoms with E-state index in [4.69, 9.17) is 21.1 Å². The second kappa shape index (κ2) is 8.86. The summed E-state index contributed by atoms with van der Waals surface area (Å²) in [4.78, 5) is 16.7. The van der Waals surface area contributed by atoms with Gasteiger partial charge in [-0.25, -0.2) is 0 Å². The maximum Gasteiger partial charge on any atom is 0.241 e. The van der Waals surface area contributed by atoms with E-state index in [-0.39, 0.29) is 12.5 Å². The summed E-state index contributed by atoms with van der Waals surface area (Å²) in [6, 6.07) is 13.2. The van der Waals surface area contributed by atoms with Crippen molar-refractivity contribution < 1.29 is 14.3 Å². The molecule has 2 aromatic rings. The minimum atomic E-state index is 0.0525. The summed E-state index contributed by atoms with van der Waals surface area (Å²) in [6.07, 6.45) is 0. The van der Waals surface area contributed by atoms with Gasteiger partial charge in [-0.3, -0.25) is 4.79 Å². The van der Waals surface area contributed by atoms with Gasteiger partial charge < -0.3 is 24.6 Å². The first-order valence-corrected chi connectivity index (χ1v) is 9.23. The molecule has 0 atom stereocenters. The third kappa shape index (κ3) is 4.57. The zero-order valence-corrected chi connectivity index (χ0v) is 16.3. The molecule has 6 nitrogen and oxygen atoms in total. The molecular weight excluding hydrogens is 366 g/mol. The maximum absolute atomic E-state index is 12.6. The zero-order chi connectivity index (χ0) is 19.2. The summed E-state index contributed by atoms with van der Waals surface area (Å²) in [5.41, 5.74) is 1.78. The highest BCUT2D eigenvalue weighted by atomic mass is 35.5. The highest BCUT2D eigenvalue weighted by molar-refractivity contribution is 6.30. The number of hydrogen-bond donors (Lipinski definition) is 1. The standard InChI is InChI=1S/C20H24ClN3O3/c1-26-18-8-7-15(21)13-16(18)22-14-20(25)24-11-9-23(10-12-24)17-5-3-4-6-19(17)27-2/h3-8,13,22H,9-12,14H2,1-2H3. The molecule has 0 unspecified atom stereocenters. The molecule has 2 aromatic carbocycles. The van der Waals surface area contributed by atoms with Crippen LogP contribution < -0.4 is 19.7 Å². The van der Waals surface area contributed by atoms with E-state index in [1.807, 2.05) is 29.2 Å². The number of halogens is 1. The van der Waals surface area contributed by atoms with Gasteiger partial charge in [-0.15, -0.1) is 0 Å². The molecule has 0 spiro atoms. The van der Waals surface area contributed by atoms with Crippen LogP contribution >= 0.6 is 11.6 Å². The molecule has 144 valence electrons. The van der Waals surface area contributed by atoms with Crippen molar-refractivity contribution in [2.75, 3.05) is 57.2 Å². The Morgan fingerprint density at radius 1 is 1.04 bits per heavy atom. The van der Waals surface area contributed by atoms with Crippen LogP contribution in [-0.4, -0.2) is 57.8 Å². The SMILES string of the molecule is COc1ccc(Cl)cc1NCC(=O)N1CCN(c2ccccc2OC)CC1. The van der Waals surface area contributed by atoms with Gasteiger partial charge in [0.25, 0.3) is 0 Å². The summed E-state index contributed by atoms with van der Waals surface area (Å²) in [6.45, 7) is 3.08. The van der Waals surface area contributed by atoms with Crippen LogP contribution in [0.15, 0.2) is 42.5 Å². The minimum Gasteiger partial charge on any atom is -0.495 e. The van der Waals surface area contributed by atoms with Crippen LogP contribution in [0, 0.1) is 0 Å². The van der Waals surface area contributed by atoms with Gasteiger partial charge in [-0.2, -0.15) is 0 Å². The average molecular weight is 390 g/mol. The van der Waals surface area contributed by atoms with Crippen molar-refractivity contribution in [2.24, 2.45) is 0 Å². The van der Waals surface area contributed by atoms with Crippen LogP contribution in [0.25, 0.3) is 0 Å². The van der Waals surface area contributed by atoms with E-state index in [0.717, 1.165) is 24.5 Å². The zero-order valence-electron chi connectivity index (χ0n) is 15.6. The van der Waals surface area contributed by atoms with E-state index in [9.17, 15) is 4.79 Å². The van der Waals surface area contributed by atoms with Crippen LogP contribution in [-0.2, 0) is 4.79 Å². The average Bonchev–Trinajstić information content (AvgIpc) is 2.72. The quantitative estimate of drug-likeness (QED) is 0.822. The number of nitrogens with one attached hydrogen (secondary N) is 1. The largest absolute Gasteiger partial charge is 0.495 e. The molecule has 0 radical (unpaired) electrons. The Labute approximate surface area is 164 Å². The summed E-state index contributed by atoms with van der Waals surface area (Å²) in [5.74, 6) is 1.57. The summed E-state index contributed by atoms with van der Waals surface area (Å²) in [5, 5.41) is 3.72. The summed E-state index contributed by atoms with van der Waals surface area (Å²) >= 11 is 6.03. The first kappa shape index (κ1) is 19.2. The fourth-order valence-electron chi connectivity index (χ4n) is 3.19. The van der Waals surface area contributed by atoms with E-state index in [1.165, 1.54) is 0 Å². The van der Waals surface area contributed by atoms with Crippen molar-refractivity contribution >= 4 is 28.9 Å². The van der Waals surface area contributed by atoms with Crippen LogP contribution in [0.5, 0.6) is 11.5 Å². The van der Waals surface area contributed by atoms with Gasteiger partial charge in [-0.1, -0.05) is 23.7 Å². The predicted octanol–water partition coefficient (Wildman–Crippen LogP) is 3.12. The number of para-hydroxylation sites is 2. The van der Waals surface area contributed by atoms with Crippen molar-refractivity contribution in [3.63, 3.8) is 0 Å². The van der Waals surface area contributed by atoms with E-state index in [1.54, 1.807) is 32.4 Å². The molecule has 1 N–H and O–H groups in total. The Bertz CT molecular complexity index is 792. The molecule has 0 aliphatic carbocycles. The molecule has 1 amide bonds. The fraction of sp³-hybridized carbons (Fsp3) is 0.350. The number of ether oxygens (including phenoxy) is 2. The molecule has 1 saturated heterocycles. The van der Waals surface area contributed by atoms with E-state index in [2.05, 4.69) is 10.2 Å². The van der Waals surface area contributed by atoms with Crippen LogP contribution in [0.2, 0.25) is 5.02 Å². The number of anilines is 2. The third-order valence-corrected chi connectivity index (χ3v) is 4.88. The molecule has 1 aliphatic rings. The van der Waals surface area contributed by atoms with Gasteiger partial charge >= 0.3 is 0 Å². The van der Waals surface area contributed by atoms with E-state index >= 15 is 0 Å². The normalized spacial score (nSPS) is 14.0. The second-order valence-electron chi connectivity index (χ2n) is 6.24. The Morgan fingerprint density at radius 2 is 1.74 bits per heavy atom. The number of methoxy groups -OCH3 is 2. The number of piperazine rings is 1. The molecule has 0 bridgehead atoms. The van der Waals surface area contributed by atoms with E-state index < -0.39 is 0 Å². The lowest BCUT2D eigenvalue weighted by atomic mass is 10.2. The van der Waals surface area contributed by atoms with Gasteiger partial charge in [0.05, 0.1) is 32.1 Å². The van der Waals surface area contributed by atoms with Crippen molar-refractivity contribution in [3.8, 4) is 11.5 Å². The molecule has 27 heavy (non-hydrogen) atoms. The lowest BCUT2D eigenvalue weighted by Gasteiger charge is -2.36. The Balaban J connectivity index is 1.55. The maximum atomic E-state index is 12.6. The minimum absolute atomic E-state index is 0.0525. The fourth-order valence-corrected chi connectivity index (χ4v) is 3.36. The lowest BCUT2D eigenvalue weighted by molar-refractivity contribution is -0.129. The van der Waals surface area contributed by atoms with Gasteiger partial charge in [0.15, 0.2) is 0 Å². The van der Waals surface area contributed by atoms with E-state index in [0.29, 0.717) is 29.5 Å². The monoisotopic (exact) mass is 389 g/mol. The molecule has 1 aliphatic heterocycles. The van der Waals surface area contributed by atoms with Crippen molar-refractivity contribution in [1.82, 2.24) is 4.90 Å². The second-order valence-corrected chi connectivity index (χ2v) is 6.67. The van der Waals surface area contributed by atoms with Crippen LogP contribution in [0.3, 0.4) is 0 Å². The Kier molecular flexibility index (Phi) is 6.29. The Morgan fingerprint density at radius 3 is 2.44 bits per heavy atom. The van der Waals surface area contributed by atoms with Crippen molar-refractivity contribution in [3.05, 3.63) is 47.5 Å². The highest BCUT2D eigenvalue weighted by Crippen LogP contribution is 2.29. The lowest BCUT2D eigenvalue weighted by Crippen LogP contribution is -2.50. The molecule has 1 heterocycles. The highest BCUT2D eigenvalue weighted by Gasteiger charge is 2.22. The number of carbonyl (C=O) groups excluding carboxylic acids is 1. The Hall–Kier alpha value is -2.60. The smallest absolute Gasteiger partial charge is 0.241 e. The van der Waals surface area contributed by atoms with Crippen LogP contribution in [0.4, 0.5) is 11.4 Å². The molecular formula is C20H24ClN3O3.